The Bertz CT molecular complexity index is 3790. The molecule has 4 N–H and O–H groups in total. The van der Waals surface area contributed by atoms with E-state index >= 15 is 0 Å². The van der Waals surface area contributed by atoms with Crippen LogP contribution >= 0.6 is 0 Å². The van der Waals surface area contributed by atoms with Gasteiger partial charge in [0.15, 0.2) is 0 Å². The first-order valence-electron chi connectivity index (χ1n) is 19.4. The van der Waals surface area contributed by atoms with E-state index < -0.39 is 26.7 Å². The Hall–Kier alpha value is -13.4. The van der Waals surface area contributed by atoms with Crippen LogP contribution in [0.1, 0.15) is 5.56 Å². The number of amides is 1. The van der Waals surface area contributed by atoms with Gasteiger partial charge < -0.3 is 4.84 Å². The van der Waals surface area contributed by atoms with Crippen molar-refractivity contribution in [1.82, 2.24) is 5.43 Å². The lowest BCUT2D eigenvalue weighted by molar-refractivity contribution is -0.879. The van der Waals surface area contributed by atoms with Gasteiger partial charge in [-0.2, -0.15) is 13.2 Å². The number of benzene rings is 2. The maximum Gasteiger partial charge on any atom is 0.472 e. The average molecular weight is 1120 g/mol. The molecule has 0 saturated heterocycles. The number of anilines is 3. The van der Waals surface area contributed by atoms with Crippen LogP contribution in [-0.4, -0.2) is 49.8 Å². The second-order valence-electron chi connectivity index (χ2n) is 12.0. The van der Waals surface area contributed by atoms with Gasteiger partial charge in [-0.15, -0.1) is 4.59 Å². The number of halogens is 3. The summed E-state index contributed by atoms with van der Waals surface area (Å²) in [5.41, 5.74) is 40.8. The summed E-state index contributed by atoms with van der Waals surface area (Å²) < 4.78 is 65.2. The molecule has 0 unspecified atom stereocenters. The lowest BCUT2D eigenvalue weighted by Gasteiger charge is -2.21. The standard InChI is InChI=1S/C35H22F3N37O4S/c1-6-7-8-9-10-11-12-13-14-15-16-17-18-19-26-39-44-45-46-47-48-49-50-51-52-53-54-55-56-57-58-59-60-61-62-63-64-65-66-67-68-69-70-71-72-73-74-75(4,5)29(3)79-42-33-27-32(25-20-28(33)2)80(77,78)43-31-23-21-30(22-24-31)40-41-34(76)35(36,37)38/h20-25,27,42H,1,3H2,2,4-5H3,(H-,41,43,44,46,48,50,52,54,56,58,60,62,64,66,68,70,72,74,76)/p+2. The molecule has 0 aliphatic heterocycles. The van der Waals surface area contributed by atoms with E-state index in [-0.39, 0.29) is 27.8 Å². The van der Waals surface area contributed by atoms with Crippen molar-refractivity contribution in [1.29, 1.82) is 0 Å². The predicted octanol–water partition coefficient (Wildman–Crippen LogP) is 10.8. The van der Waals surface area contributed by atoms with Crippen LogP contribution in [0.3, 0.4) is 0 Å². The first kappa shape index (κ1) is 62.7. The lowest BCUT2D eigenvalue weighted by Crippen LogP contribution is -2.40. The van der Waals surface area contributed by atoms with E-state index in [0.29, 0.717) is 5.56 Å². The summed E-state index contributed by atoms with van der Waals surface area (Å²) in [7, 11) is -1.21. The number of hydrogen-bond acceptors (Lipinski definition) is 7. The fourth-order valence-corrected chi connectivity index (χ4v) is 4.38. The molecule has 0 spiro atoms. The summed E-state index contributed by atoms with van der Waals surface area (Å²) >= 11 is 0. The van der Waals surface area contributed by atoms with Gasteiger partial charge in [0, 0.05) is 188 Å². The highest BCUT2D eigenvalue weighted by Crippen LogP contribution is 2.25. The van der Waals surface area contributed by atoms with Gasteiger partial charge in [-0.05, 0) is 94.6 Å². The summed E-state index contributed by atoms with van der Waals surface area (Å²) in [5.74, 6) is -0.0886. The summed E-state index contributed by atoms with van der Waals surface area (Å²) in [6.45, 7) is 8.71. The maximum atomic E-state index is 13.1. The van der Waals surface area contributed by atoms with Crippen molar-refractivity contribution < 1.29 is 40.6 Å². The van der Waals surface area contributed by atoms with Crippen LogP contribution in [0.5, 0.6) is 0 Å². The highest BCUT2D eigenvalue weighted by atomic mass is 32.2. The van der Waals surface area contributed by atoms with Crippen LogP contribution in [0, 0.1) is 6.92 Å². The van der Waals surface area contributed by atoms with Crippen molar-refractivity contribution in [3.63, 3.8) is 0 Å². The summed E-state index contributed by atoms with van der Waals surface area (Å²) in [5, 5.41) is 96.4. The molecule has 0 heterocycles. The van der Waals surface area contributed by atoms with E-state index in [9.17, 15) is 26.4 Å². The Kier molecular flexibility index (Phi) is 30.0. The number of carbonyl (C=O) groups excluding carboxylic acids is 1. The molecule has 80 heavy (non-hydrogen) atoms. The Balaban J connectivity index is 1.68. The quantitative estimate of drug-likeness (QED) is 0.0142. The molecule has 0 bridgehead atoms. The second kappa shape index (κ2) is 38.3. The molecule has 0 aromatic heterocycles. The van der Waals surface area contributed by atoms with E-state index in [2.05, 4.69) is 282 Å². The molecular formula is C35H24F3N37O4S+2. The second-order valence-corrected chi connectivity index (χ2v) is 13.7. The first-order valence-corrected chi connectivity index (χ1v) is 20.9. The van der Waals surface area contributed by atoms with Crippen LogP contribution in [0.25, 0.3) is 0 Å². The Morgan fingerprint density at radius 2 is 0.938 bits per heavy atom. The predicted molar refractivity (Wildman–Crippen MR) is 248 cm³/mol. The number of hydrazine groups is 1. The third-order valence-corrected chi connectivity index (χ3v) is 7.92. The van der Waals surface area contributed by atoms with Crippen LogP contribution in [-0.2, 0) is 19.7 Å². The van der Waals surface area contributed by atoms with Crippen molar-refractivity contribution in [2.24, 2.45) is 162 Å². The van der Waals surface area contributed by atoms with Crippen molar-refractivity contribution in [3.8, 4) is 0 Å². The lowest BCUT2D eigenvalue weighted by atomic mass is 10.2. The van der Waals surface area contributed by atoms with E-state index in [1.54, 1.807) is 6.92 Å². The molecule has 0 aliphatic rings. The number of nitrogens with zero attached hydrogens (tertiary/aromatic N) is 33. The van der Waals surface area contributed by atoms with Gasteiger partial charge in [0.1, 0.15) is 19.3 Å². The van der Waals surface area contributed by atoms with Gasteiger partial charge in [-0.25, -0.2) is 13.9 Å². The molecule has 45 heteroatoms. The van der Waals surface area contributed by atoms with Crippen molar-refractivity contribution in [2.75, 3.05) is 29.7 Å². The van der Waals surface area contributed by atoms with Gasteiger partial charge in [-0.3, -0.25) is 20.4 Å². The van der Waals surface area contributed by atoms with Crippen molar-refractivity contribution in [3.05, 3.63) is 147 Å². The SMILES string of the molecule is C=C=C=C=C=C=C=C=C=C=C=C=C=C=C=C=[N+]=N/N=N/N=N/N=N/N=N/N=N/N=N/N=N/N=N/N=N/N=N/N=N/N=N/N=N/N=N/N=N/[N+](C)(C)C(=C)ONc1cc(S(=O)(=O)Nc2ccc(NNC(=O)C(F)(F)F)cc2)ccc1C. The maximum absolute atomic E-state index is 13.1. The molecule has 1 amide bonds. The molecular weight excluding hydrogens is 1090 g/mol. The van der Waals surface area contributed by atoms with E-state index in [4.69, 9.17) is 4.84 Å². The summed E-state index contributed by atoms with van der Waals surface area (Å²) in [4.78, 5) is 19.6. The van der Waals surface area contributed by atoms with E-state index in [0.717, 1.165) is 0 Å². The molecule has 0 saturated carbocycles. The largest absolute Gasteiger partial charge is 0.472 e. The Morgan fingerprint density at radius 3 is 1.35 bits per heavy atom. The Labute approximate surface area is 440 Å². The summed E-state index contributed by atoms with van der Waals surface area (Å²) in [6.07, 6.45) is -5.10. The normalized spacial score (nSPS) is 11.8. The molecule has 0 fully saturated rings. The molecule has 2 aromatic carbocycles. The smallest absolute Gasteiger partial charge is 0.326 e. The van der Waals surface area contributed by atoms with Crippen LogP contribution in [0.4, 0.5) is 30.2 Å². The zero-order chi connectivity index (χ0) is 58.3. The molecule has 398 valence electrons. The molecule has 0 radical (unpaired) electrons. The number of sulfonamides is 1. The number of hydrogen-bond donors (Lipinski definition) is 4. The molecule has 0 atom stereocenters. The number of rotatable bonds is 25. The third kappa shape index (κ3) is 31.2. The number of carbonyl (C=O) groups is 1. The topological polar surface area (TPSA) is 506 Å². The van der Waals surface area contributed by atoms with Crippen molar-refractivity contribution in [2.45, 2.75) is 18.0 Å². The number of quaternary nitrogens is 1. The molecule has 2 rings (SSSR count). The minimum atomic E-state index is -5.10. The van der Waals surface area contributed by atoms with E-state index in [1.165, 1.54) is 62.0 Å². The first-order chi connectivity index (χ1) is 38.7. The number of nitrogens with one attached hydrogen (secondary N) is 4. The fourth-order valence-electron chi connectivity index (χ4n) is 3.29. The zero-order valence-electron chi connectivity index (χ0n) is 39.9. The molecule has 41 nitrogen and oxygen atoms in total. The Morgan fingerprint density at radius 1 is 0.562 bits per heavy atom. The van der Waals surface area contributed by atoms with Crippen LogP contribution in [0.15, 0.2) is 309 Å². The third-order valence-electron chi connectivity index (χ3n) is 6.54. The highest BCUT2D eigenvalue weighted by Gasteiger charge is 2.38. The van der Waals surface area contributed by atoms with Crippen molar-refractivity contribution >= 4 is 38.9 Å². The van der Waals surface area contributed by atoms with Gasteiger partial charge in [-0.1, -0.05) is 11.8 Å². The van der Waals surface area contributed by atoms with Crippen LogP contribution in [0.2, 0.25) is 0 Å². The zero-order valence-corrected chi connectivity index (χ0v) is 40.7. The van der Waals surface area contributed by atoms with Gasteiger partial charge in [0.25, 0.3) is 21.1 Å². The number of aryl methyl sites for hydroxylation is 1. The van der Waals surface area contributed by atoms with Crippen LogP contribution < -0.4 is 21.1 Å². The average Bonchev–Trinajstić information content (AvgIpc) is 3.43. The van der Waals surface area contributed by atoms with Gasteiger partial charge in [0.2, 0.25) is 5.22 Å². The van der Waals surface area contributed by atoms with Gasteiger partial charge >= 0.3 is 18.0 Å². The summed E-state index contributed by atoms with van der Waals surface area (Å²) in [6, 6.07) is 9.04. The number of alkyl halides is 3. The minimum absolute atomic E-state index is 0.0450. The van der Waals surface area contributed by atoms with E-state index in [1.807, 2.05) is 0 Å². The molecule has 0 aliphatic carbocycles. The fraction of sp³-hybridized carbons (Fsp3) is 0.114. The minimum Gasteiger partial charge on any atom is -0.326 e. The molecule has 2 aromatic rings. The van der Waals surface area contributed by atoms with Gasteiger partial charge in [0.05, 0.1) is 27.2 Å². The monoisotopic (exact) mass is 1120 g/mol. The highest BCUT2D eigenvalue weighted by molar-refractivity contribution is 7.92.